The van der Waals surface area contributed by atoms with Crippen LogP contribution in [-0.2, 0) is 4.79 Å². The van der Waals surface area contributed by atoms with Gasteiger partial charge in [-0.15, -0.1) is 0 Å². The van der Waals surface area contributed by atoms with Gasteiger partial charge in [-0.3, -0.25) is 4.79 Å². The van der Waals surface area contributed by atoms with Crippen molar-refractivity contribution in [3.8, 4) is 0 Å². The highest BCUT2D eigenvalue weighted by molar-refractivity contribution is 5.76. The van der Waals surface area contributed by atoms with Crippen LogP contribution in [0, 0.1) is 0 Å². The summed E-state index contributed by atoms with van der Waals surface area (Å²) in [7, 11) is 0. The van der Waals surface area contributed by atoms with Gasteiger partial charge >= 0.3 is 0 Å². The zero-order chi connectivity index (χ0) is 47.2. The predicted octanol–water partition coefficient (Wildman–Crippen LogP) is 18.5. The number of rotatable bonds is 55. The molecule has 3 atom stereocenters. The average Bonchev–Trinajstić information content (AvgIpc) is 3.30. The van der Waals surface area contributed by atoms with Crippen molar-refractivity contribution < 1.29 is 20.1 Å². The van der Waals surface area contributed by atoms with Crippen molar-refractivity contribution in [3.63, 3.8) is 0 Å². The molecule has 0 aliphatic heterocycles. The first-order chi connectivity index (χ1) is 32.0. The Labute approximate surface area is 407 Å². The first-order valence-electron chi connectivity index (χ1n) is 29.6. The number of carbonyl (C=O) groups is 1. The second kappa shape index (κ2) is 55.4. The molecular weight excluding hydrogens is 799 g/mol. The van der Waals surface area contributed by atoms with E-state index in [4.69, 9.17) is 0 Å². The monoisotopic (exact) mass is 916 g/mol. The first-order valence-corrected chi connectivity index (χ1v) is 29.6. The minimum absolute atomic E-state index is 0.0170. The lowest BCUT2D eigenvalue weighted by molar-refractivity contribution is -0.124. The number of carbonyl (C=O) groups excluding carboxylic acids is 1. The van der Waals surface area contributed by atoms with Crippen LogP contribution in [0.1, 0.15) is 328 Å². The van der Waals surface area contributed by atoms with Crippen LogP contribution in [-0.4, -0.2) is 46.1 Å². The molecule has 0 aromatic heterocycles. The number of hydrogen-bond donors (Lipinski definition) is 4. The van der Waals surface area contributed by atoms with Gasteiger partial charge in [0.05, 0.1) is 31.3 Å². The first kappa shape index (κ1) is 63.8. The summed E-state index contributed by atoms with van der Waals surface area (Å²) in [5.41, 5.74) is 0. The molecule has 0 heterocycles. The van der Waals surface area contributed by atoms with E-state index in [0.717, 1.165) is 25.7 Å². The van der Waals surface area contributed by atoms with Gasteiger partial charge in [-0.25, -0.2) is 0 Å². The van der Waals surface area contributed by atoms with Crippen molar-refractivity contribution in [3.05, 3.63) is 24.3 Å². The molecule has 0 aliphatic rings. The van der Waals surface area contributed by atoms with Gasteiger partial charge in [0.1, 0.15) is 0 Å². The van der Waals surface area contributed by atoms with Crippen molar-refractivity contribution in [1.82, 2.24) is 5.32 Å². The van der Waals surface area contributed by atoms with E-state index >= 15 is 0 Å². The fraction of sp³-hybridized carbons (Fsp3) is 0.917. The number of aliphatic hydroxyl groups excluding tert-OH is 3. The molecule has 1 amide bonds. The molecule has 386 valence electrons. The topological polar surface area (TPSA) is 89.8 Å². The number of amides is 1. The third-order valence-corrected chi connectivity index (χ3v) is 14.0. The molecule has 5 nitrogen and oxygen atoms in total. The van der Waals surface area contributed by atoms with Crippen LogP contribution in [0.25, 0.3) is 0 Å². The SMILES string of the molecule is CCCCCCCCCCCCCC/C=C\CCCCCCCCCCCCCCCCC(O)CC(=O)NC(CO)C(O)/C=C/CCCCCCCCCCCCCCCCCCCC. The van der Waals surface area contributed by atoms with Gasteiger partial charge in [-0.2, -0.15) is 0 Å². The second-order valence-electron chi connectivity index (χ2n) is 20.6. The molecule has 0 aromatic rings. The van der Waals surface area contributed by atoms with Crippen LogP contribution >= 0.6 is 0 Å². The fourth-order valence-electron chi connectivity index (χ4n) is 9.46. The van der Waals surface area contributed by atoms with E-state index in [-0.39, 0.29) is 18.9 Å². The van der Waals surface area contributed by atoms with Crippen LogP contribution < -0.4 is 5.32 Å². The molecule has 4 N–H and O–H groups in total. The summed E-state index contributed by atoms with van der Waals surface area (Å²) in [4.78, 5) is 12.5. The van der Waals surface area contributed by atoms with Crippen LogP contribution in [0.3, 0.4) is 0 Å². The maximum atomic E-state index is 12.5. The van der Waals surface area contributed by atoms with Gasteiger partial charge in [0.25, 0.3) is 0 Å². The van der Waals surface area contributed by atoms with Gasteiger partial charge in [-0.1, -0.05) is 301 Å². The van der Waals surface area contributed by atoms with Crippen LogP contribution in [0.4, 0.5) is 0 Å². The molecule has 65 heavy (non-hydrogen) atoms. The van der Waals surface area contributed by atoms with Gasteiger partial charge in [0.15, 0.2) is 0 Å². The van der Waals surface area contributed by atoms with Crippen LogP contribution in [0.2, 0.25) is 0 Å². The Morgan fingerprint density at radius 2 is 0.646 bits per heavy atom. The summed E-state index contributed by atoms with van der Waals surface area (Å²) in [6, 6.07) is -0.743. The van der Waals surface area contributed by atoms with E-state index < -0.39 is 18.2 Å². The van der Waals surface area contributed by atoms with Gasteiger partial charge in [0, 0.05) is 0 Å². The van der Waals surface area contributed by atoms with Crippen LogP contribution in [0.5, 0.6) is 0 Å². The lowest BCUT2D eigenvalue weighted by Crippen LogP contribution is -2.45. The molecule has 0 bridgehead atoms. The Morgan fingerprint density at radius 3 is 0.938 bits per heavy atom. The lowest BCUT2D eigenvalue weighted by atomic mass is 10.0. The minimum atomic E-state index is -0.928. The standard InChI is InChI=1S/C60H117NO4/c1-3-5-7-9-11-13-15-17-19-21-23-25-26-27-28-29-30-31-32-33-34-35-37-39-41-43-45-47-49-51-53-57(63)55-60(65)61-58(56-62)59(64)54-52-50-48-46-44-42-40-38-36-24-22-20-18-16-14-12-10-8-6-4-2/h27-28,52,54,57-59,62-64H,3-26,29-51,53,55-56H2,1-2H3,(H,61,65)/b28-27-,54-52+. The quantitative estimate of drug-likeness (QED) is 0.0361. The minimum Gasteiger partial charge on any atom is -0.394 e. The Hall–Kier alpha value is -1.17. The van der Waals surface area contributed by atoms with Crippen molar-refractivity contribution in [2.75, 3.05) is 6.61 Å². The molecular formula is C60H117NO4. The molecule has 0 fully saturated rings. The van der Waals surface area contributed by atoms with E-state index in [9.17, 15) is 20.1 Å². The number of aliphatic hydroxyl groups is 3. The third kappa shape index (κ3) is 52.1. The molecule has 0 spiro atoms. The summed E-state index contributed by atoms with van der Waals surface area (Å²) in [5, 5.41) is 33.5. The summed E-state index contributed by atoms with van der Waals surface area (Å²) in [6.45, 7) is 4.25. The Morgan fingerprint density at radius 1 is 0.385 bits per heavy atom. The third-order valence-electron chi connectivity index (χ3n) is 14.0. The van der Waals surface area contributed by atoms with Gasteiger partial charge < -0.3 is 20.6 Å². The zero-order valence-corrected chi connectivity index (χ0v) is 44.1. The molecule has 5 heteroatoms. The van der Waals surface area contributed by atoms with E-state index in [1.54, 1.807) is 6.08 Å². The highest BCUT2D eigenvalue weighted by atomic mass is 16.3. The van der Waals surface area contributed by atoms with E-state index in [1.807, 2.05) is 6.08 Å². The number of unbranched alkanes of at least 4 members (excludes halogenated alkanes) is 44. The van der Waals surface area contributed by atoms with E-state index in [1.165, 1.54) is 276 Å². The maximum absolute atomic E-state index is 12.5. The Kier molecular flexibility index (Phi) is 54.4. The highest BCUT2D eigenvalue weighted by Gasteiger charge is 2.20. The lowest BCUT2D eigenvalue weighted by Gasteiger charge is -2.21. The molecule has 0 rings (SSSR count). The molecule has 0 aromatic carbocycles. The molecule has 3 unspecified atom stereocenters. The van der Waals surface area contributed by atoms with Crippen molar-refractivity contribution in [2.24, 2.45) is 0 Å². The largest absolute Gasteiger partial charge is 0.394 e. The summed E-state index contributed by atoms with van der Waals surface area (Å²) in [6.07, 6.45) is 70.9. The number of hydrogen-bond acceptors (Lipinski definition) is 4. The normalized spacial score (nSPS) is 13.4. The summed E-state index contributed by atoms with van der Waals surface area (Å²) < 4.78 is 0. The zero-order valence-electron chi connectivity index (χ0n) is 44.1. The molecule has 0 aliphatic carbocycles. The smallest absolute Gasteiger partial charge is 0.222 e. The van der Waals surface area contributed by atoms with Crippen LogP contribution in [0.15, 0.2) is 24.3 Å². The van der Waals surface area contributed by atoms with Crippen molar-refractivity contribution >= 4 is 5.91 Å². The second-order valence-corrected chi connectivity index (χ2v) is 20.6. The van der Waals surface area contributed by atoms with Crippen molar-refractivity contribution in [1.29, 1.82) is 0 Å². The average molecular weight is 917 g/mol. The molecule has 0 saturated heterocycles. The molecule has 0 saturated carbocycles. The predicted molar refractivity (Wildman–Crippen MR) is 287 cm³/mol. The highest BCUT2D eigenvalue weighted by Crippen LogP contribution is 2.18. The molecule has 0 radical (unpaired) electrons. The van der Waals surface area contributed by atoms with Crippen molar-refractivity contribution in [2.45, 2.75) is 347 Å². The maximum Gasteiger partial charge on any atom is 0.222 e. The van der Waals surface area contributed by atoms with Gasteiger partial charge in [-0.05, 0) is 44.9 Å². The Balaban J connectivity index is 3.52. The van der Waals surface area contributed by atoms with Gasteiger partial charge in [0.2, 0.25) is 5.91 Å². The fourth-order valence-corrected chi connectivity index (χ4v) is 9.46. The van der Waals surface area contributed by atoms with E-state index in [2.05, 4.69) is 31.3 Å². The number of nitrogens with one attached hydrogen (secondary N) is 1. The summed E-state index contributed by atoms with van der Waals surface area (Å²) in [5.74, 6) is -0.310. The Bertz CT molecular complexity index is 967. The number of allylic oxidation sites excluding steroid dienone is 3. The summed E-state index contributed by atoms with van der Waals surface area (Å²) >= 11 is 0. The van der Waals surface area contributed by atoms with E-state index in [0.29, 0.717) is 6.42 Å².